The van der Waals surface area contributed by atoms with Gasteiger partial charge in [0.1, 0.15) is 5.41 Å². The predicted octanol–water partition coefficient (Wildman–Crippen LogP) is 4.17. The Balaban J connectivity index is 2.16. The quantitative estimate of drug-likeness (QED) is 0.378. The highest BCUT2D eigenvalue weighted by atomic mass is 35.5. The van der Waals surface area contributed by atoms with Crippen molar-refractivity contribution in [1.29, 1.82) is 5.26 Å². The standard InChI is InChI=1S/C27H33Cl2N3O3/c1-3-17(4-2)25-27(16-30,19-8-10-20(28)11-9-19)23(18-6-5-7-21(29)14-18)24(32-25)26(35)31-13-12-22(34)15-33/h5-11,14,17,22-25,32-34H,3-4,12-13,15H2,1-2H3,(H,31,35). The minimum Gasteiger partial charge on any atom is -0.394 e. The zero-order valence-corrected chi connectivity index (χ0v) is 21.6. The van der Waals surface area contributed by atoms with Gasteiger partial charge in [-0.25, -0.2) is 0 Å². The fourth-order valence-corrected chi connectivity index (χ4v) is 5.70. The molecule has 0 saturated carbocycles. The molecule has 5 atom stereocenters. The summed E-state index contributed by atoms with van der Waals surface area (Å²) in [6, 6.07) is 16.3. The van der Waals surface area contributed by atoms with Gasteiger partial charge in [0.2, 0.25) is 5.91 Å². The highest BCUT2D eigenvalue weighted by Crippen LogP contribution is 2.51. The van der Waals surface area contributed by atoms with Crippen molar-refractivity contribution in [1.82, 2.24) is 10.6 Å². The van der Waals surface area contributed by atoms with Gasteiger partial charge >= 0.3 is 0 Å². The van der Waals surface area contributed by atoms with Crippen LogP contribution >= 0.6 is 23.2 Å². The monoisotopic (exact) mass is 517 g/mol. The summed E-state index contributed by atoms with van der Waals surface area (Å²) in [6.45, 7) is 4.03. The highest BCUT2D eigenvalue weighted by molar-refractivity contribution is 6.30. The molecule has 2 aromatic carbocycles. The summed E-state index contributed by atoms with van der Waals surface area (Å²) in [5.41, 5.74) is 0.536. The average Bonchev–Trinajstić information content (AvgIpc) is 3.21. The molecule has 1 aliphatic rings. The summed E-state index contributed by atoms with van der Waals surface area (Å²) in [5, 5.41) is 37.2. The van der Waals surface area contributed by atoms with Crippen LogP contribution in [0, 0.1) is 17.2 Å². The summed E-state index contributed by atoms with van der Waals surface area (Å²) < 4.78 is 0. The van der Waals surface area contributed by atoms with Crippen LogP contribution in [-0.4, -0.2) is 47.5 Å². The second-order valence-electron chi connectivity index (χ2n) is 9.14. The summed E-state index contributed by atoms with van der Waals surface area (Å²) in [4.78, 5) is 13.5. The van der Waals surface area contributed by atoms with Gasteiger partial charge in [-0.2, -0.15) is 5.26 Å². The van der Waals surface area contributed by atoms with Crippen molar-refractivity contribution >= 4 is 29.1 Å². The van der Waals surface area contributed by atoms with Crippen molar-refractivity contribution in [2.45, 2.75) is 62.6 Å². The molecule has 8 heteroatoms. The molecule has 0 radical (unpaired) electrons. The maximum atomic E-state index is 13.5. The second kappa shape index (κ2) is 12.2. The van der Waals surface area contributed by atoms with E-state index in [2.05, 4.69) is 30.6 Å². The smallest absolute Gasteiger partial charge is 0.237 e. The molecule has 1 saturated heterocycles. The van der Waals surface area contributed by atoms with Gasteiger partial charge in [0.25, 0.3) is 0 Å². The van der Waals surface area contributed by atoms with Crippen LogP contribution in [-0.2, 0) is 10.2 Å². The molecule has 35 heavy (non-hydrogen) atoms. The maximum Gasteiger partial charge on any atom is 0.237 e. The average molecular weight is 518 g/mol. The second-order valence-corrected chi connectivity index (χ2v) is 10.0. The van der Waals surface area contributed by atoms with Crippen LogP contribution < -0.4 is 10.6 Å². The van der Waals surface area contributed by atoms with Gasteiger partial charge in [-0.1, -0.05) is 74.2 Å². The summed E-state index contributed by atoms with van der Waals surface area (Å²) in [6.07, 6.45) is 1.00. The third kappa shape index (κ3) is 5.66. The van der Waals surface area contributed by atoms with Gasteiger partial charge in [-0.3, -0.25) is 4.79 Å². The Kier molecular flexibility index (Phi) is 9.57. The van der Waals surface area contributed by atoms with Crippen molar-refractivity contribution in [3.05, 3.63) is 69.7 Å². The first-order valence-electron chi connectivity index (χ1n) is 12.1. The van der Waals surface area contributed by atoms with Crippen molar-refractivity contribution < 1.29 is 15.0 Å². The van der Waals surface area contributed by atoms with Crippen molar-refractivity contribution in [3.63, 3.8) is 0 Å². The van der Waals surface area contributed by atoms with E-state index < -0.39 is 23.5 Å². The van der Waals surface area contributed by atoms with E-state index in [9.17, 15) is 15.2 Å². The lowest BCUT2D eigenvalue weighted by Crippen LogP contribution is -2.47. The van der Waals surface area contributed by atoms with Gasteiger partial charge in [0.15, 0.2) is 0 Å². The number of aliphatic hydroxyl groups is 2. The van der Waals surface area contributed by atoms with Gasteiger partial charge in [0, 0.05) is 28.5 Å². The third-order valence-corrected chi connectivity index (χ3v) is 7.67. The van der Waals surface area contributed by atoms with Crippen molar-refractivity contribution in [2.24, 2.45) is 5.92 Å². The molecule has 1 fully saturated rings. The number of hydrogen-bond donors (Lipinski definition) is 4. The van der Waals surface area contributed by atoms with Crippen LogP contribution in [0.2, 0.25) is 10.0 Å². The van der Waals surface area contributed by atoms with Gasteiger partial charge in [0.05, 0.1) is 24.8 Å². The number of nitriles is 1. The van der Waals surface area contributed by atoms with E-state index >= 15 is 0 Å². The van der Waals surface area contributed by atoms with Crippen LogP contribution in [0.15, 0.2) is 48.5 Å². The number of carbonyl (C=O) groups excluding carboxylic acids is 1. The Morgan fingerprint density at radius 1 is 1.17 bits per heavy atom. The number of halogens is 2. The molecule has 0 aromatic heterocycles. The molecule has 1 aliphatic heterocycles. The number of nitrogens with one attached hydrogen (secondary N) is 2. The molecular weight excluding hydrogens is 485 g/mol. The van der Waals surface area contributed by atoms with Gasteiger partial charge < -0.3 is 20.8 Å². The highest BCUT2D eigenvalue weighted by Gasteiger charge is 2.60. The van der Waals surface area contributed by atoms with E-state index in [-0.39, 0.29) is 37.4 Å². The molecule has 1 heterocycles. The molecule has 4 N–H and O–H groups in total. The van der Waals surface area contributed by atoms with E-state index in [0.717, 1.165) is 24.0 Å². The number of rotatable bonds is 10. The van der Waals surface area contributed by atoms with Crippen LogP contribution in [0.25, 0.3) is 0 Å². The molecule has 6 nitrogen and oxygen atoms in total. The Bertz CT molecular complexity index is 1040. The lowest BCUT2D eigenvalue weighted by Gasteiger charge is -2.38. The number of nitrogens with zero attached hydrogens (tertiary/aromatic N) is 1. The Morgan fingerprint density at radius 3 is 2.43 bits per heavy atom. The first-order valence-corrected chi connectivity index (χ1v) is 12.8. The number of hydrogen-bond acceptors (Lipinski definition) is 5. The normalized spacial score (nSPS) is 24.8. The number of amides is 1. The van der Waals surface area contributed by atoms with Crippen molar-refractivity contribution in [2.75, 3.05) is 13.2 Å². The largest absolute Gasteiger partial charge is 0.394 e. The third-order valence-electron chi connectivity index (χ3n) is 7.18. The molecule has 188 valence electrons. The molecule has 1 amide bonds. The number of aliphatic hydroxyl groups excluding tert-OH is 2. The number of carbonyl (C=O) groups is 1. The van der Waals surface area contributed by atoms with E-state index in [1.54, 1.807) is 18.2 Å². The predicted molar refractivity (Wildman–Crippen MR) is 138 cm³/mol. The van der Waals surface area contributed by atoms with Crippen LogP contribution in [0.5, 0.6) is 0 Å². The Morgan fingerprint density at radius 2 is 1.86 bits per heavy atom. The van der Waals surface area contributed by atoms with Crippen LogP contribution in [0.3, 0.4) is 0 Å². The minimum absolute atomic E-state index is 0.140. The summed E-state index contributed by atoms with van der Waals surface area (Å²) >= 11 is 12.6. The summed E-state index contributed by atoms with van der Waals surface area (Å²) in [5.74, 6) is -0.649. The fourth-order valence-electron chi connectivity index (χ4n) is 5.38. The van der Waals surface area contributed by atoms with E-state index in [1.807, 2.05) is 30.3 Å². The van der Waals surface area contributed by atoms with Gasteiger partial charge in [-0.15, -0.1) is 0 Å². The van der Waals surface area contributed by atoms with Crippen LogP contribution in [0.1, 0.15) is 50.2 Å². The Hall–Kier alpha value is -2.14. The first kappa shape index (κ1) is 27.4. The molecule has 0 bridgehead atoms. The minimum atomic E-state index is -1.06. The lowest BCUT2D eigenvalue weighted by molar-refractivity contribution is -0.123. The SMILES string of the molecule is CCC(CC)C1NC(C(=O)NCCC(O)CO)C(c2cccc(Cl)c2)C1(C#N)c1ccc(Cl)cc1. The topological polar surface area (TPSA) is 105 Å². The number of benzene rings is 2. The lowest BCUT2D eigenvalue weighted by atomic mass is 9.62. The van der Waals surface area contributed by atoms with Gasteiger partial charge in [-0.05, 0) is 47.7 Å². The maximum absolute atomic E-state index is 13.5. The molecule has 3 rings (SSSR count). The van der Waals surface area contributed by atoms with E-state index in [0.29, 0.717) is 10.0 Å². The fraction of sp³-hybridized carbons (Fsp3) is 0.481. The first-order chi connectivity index (χ1) is 16.8. The molecule has 0 aliphatic carbocycles. The molecule has 5 unspecified atom stereocenters. The van der Waals surface area contributed by atoms with E-state index in [4.69, 9.17) is 28.3 Å². The van der Waals surface area contributed by atoms with Crippen LogP contribution in [0.4, 0.5) is 0 Å². The summed E-state index contributed by atoms with van der Waals surface area (Å²) in [7, 11) is 0. The van der Waals surface area contributed by atoms with E-state index in [1.165, 1.54) is 0 Å². The zero-order valence-electron chi connectivity index (χ0n) is 20.0. The Labute approximate surface area is 217 Å². The molecular formula is C27H33Cl2N3O3. The van der Waals surface area contributed by atoms with Crippen molar-refractivity contribution in [3.8, 4) is 6.07 Å². The molecule has 2 aromatic rings. The zero-order chi connectivity index (χ0) is 25.6. The molecule has 0 spiro atoms.